The number of hydrogen-bond acceptors (Lipinski definition) is 5. The molecule has 3 rings (SSSR count). The van der Waals surface area contributed by atoms with Crippen molar-refractivity contribution in [2.24, 2.45) is 0 Å². The van der Waals surface area contributed by atoms with Crippen LogP contribution in [0.2, 0.25) is 0 Å². The fraction of sp³-hybridized carbons (Fsp3) is 0.350. The van der Waals surface area contributed by atoms with Gasteiger partial charge in [-0.05, 0) is 43.3 Å². The van der Waals surface area contributed by atoms with Crippen molar-refractivity contribution in [2.75, 3.05) is 44.1 Å². The van der Waals surface area contributed by atoms with Crippen molar-refractivity contribution in [3.8, 4) is 0 Å². The number of nitrogens with one attached hydrogen (secondary N) is 2. The molecule has 2 aromatic carbocycles. The molecule has 1 aliphatic rings. The number of benzene rings is 2. The monoisotopic (exact) mass is 403 g/mol. The Morgan fingerprint density at radius 2 is 1.68 bits per heavy atom. The zero-order valence-electron chi connectivity index (χ0n) is 15.8. The Kier molecular flexibility index (Phi) is 6.66. The van der Waals surface area contributed by atoms with Gasteiger partial charge in [0.25, 0.3) is 15.9 Å². The zero-order valence-corrected chi connectivity index (χ0v) is 16.7. The quantitative estimate of drug-likeness (QED) is 0.737. The Labute approximate surface area is 165 Å². The minimum atomic E-state index is -3.66. The summed E-state index contributed by atoms with van der Waals surface area (Å²) in [5.74, 6) is -0.179. The van der Waals surface area contributed by atoms with E-state index in [0.29, 0.717) is 17.8 Å². The highest BCUT2D eigenvalue weighted by atomic mass is 32.2. The van der Waals surface area contributed by atoms with Crippen LogP contribution in [0.1, 0.15) is 15.9 Å². The molecule has 150 valence electrons. The lowest BCUT2D eigenvalue weighted by Gasteiger charge is -2.26. The van der Waals surface area contributed by atoms with Crippen molar-refractivity contribution in [1.29, 1.82) is 0 Å². The zero-order chi connectivity index (χ0) is 20.0. The minimum Gasteiger partial charge on any atom is -0.379 e. The second-order valence-electron chi connectivity index (χ2n) is 6.71. The fourth-order valence-electron chi connectivity index (χ4n) is 2.88. The van der Waals surface area contributed by atoms with Crippen LogP contribution in [-0.2, 0) is 14.8 Å². The normalized spacial score (nSPS) is 15.2. The second kappa shape index (κ2) is 9.18. The number of morpholine rings is 1. The lowest BCUT2D eigenvalue weighted by Crippen LogP contribution is -2.41. The van der Waals surface area contributed by atoms with Gasteiger partial charge < -0.3 is 10.1 Å². The van der Waals surface area contributed by atoms with Crippen molar-refractivity contribution in [2.45, 2.75) is 11.8 Å². The molecule has 1 heterocycles. The Hall–Kier alpha value is -2.42. The first-order valence-corrected chi connectivity index (χ1v) is 10.7. The van der Waals surface area contributed by atoms with Crippen LogP contribution in [0.5, 0.6) is 0 Å². The Morgan fingerprint density at radius 1 is 1.04 bits per heavy atom. The molecule has 28 heavy (non-hydrogen) atoms. The predicted molar refractivity (Wildman–Crippen MR) is 108 cm³/mol. The summed E-state index contributed by atoms with van der Waals surface area (Å²) < 4.78 is 32.7. The molecule has 1 amide bonds. The Bertz CT molecular complexity index is 890. The van der Waals surface area contributed by atoms with E-state index in [9.17, 15) is 13.2 Å². The van der Waals surface area contributed by atoms with Gasteiger partial charge >= 0.3 is 0 Å². The standard InChI is InChI=1S/C20H25N3O4S/c1-16-2-8-19(9-3-16)28(25,26)22-18-6-4-17(5-7-18)20(24)21-10-11-23-12-14-27-15-13-23/h2-9,22H,10-15H2,1H3,(H,21,24). The summed E-state index contributed by atoms with van der Waals surface area (Å²) in [7, 11) is -3.66. The number of sulfonamides is 1. The molecule has 0 atom stereocenters. The van der Waals surface area contributed by atoms with Gasteiger partial charge in [-0.2, -0.15) is 0 Å². The third-order valence-electron chi connectivity index (χ3n) is 4.55. The van der Waals surface area contributed by atoms with E-state index in [1.54, 1.807) is 48.5 Å². The van der Waals surface area contributed by atoms with Gasteiger partial charge in [0.05, 0.1) is 18.1 Å². The number of aryl methyl sites for hydroxylation is 1. The molecule has 1 saturated heterocycles. The molecule has 0 spiro atoms. The topological polar surface area (TPSA) is 87.7 Å². The number of carbonyl (C=O) groups excluding carboxylic acids is 1. The van der Waals surface area contributed by atoms with Crippen molar-refractivity contribution >= 4 is 21.6 Å². The average Bonchev–Trinajstić information content (AvgIpc) is 2.69. The largest absolute Gasteiger partial charge is 0.379 e. The van der Waals surface area contributed by atoms with Crippen molar-refractivity contribution in [1.82, 2.24) is 10.2 Å². The van der Waals surface area contributed by atoms with Crippen LogP contribution in [0.25, 0.3) is 0 Å². The van der Waals surface area contributed by atoms with Gasteiger partial charge in [0.1, 0.15) is 0 Å². The molecule has 0 saturated carbocycles. The van der Waals surface area contributed by atoms with Crippen LogP contribution < -0.4 is 10.0 Å². The SMILES string of the molecule is Cc1ccc(S(=O)(=O)Nc2ccc(C(=O)NCCN3CCOCC3)cc2)cc1. The molecule has 0 radical (unpaired) electrons. The predicted octanol–water partition coefficient (Wildman–Crippen LogP) is 1.86. The molecule has 0 bridgehead atoms. The van der Waals surface area contributed by atoms with E-state index < -0.39 is 10.0 Å². The third-order valence-corrected chi connectivity index (χ3v) is 5.95. The smallest absolute Gasteiger partial charge is 0.261 e. The summed E-state index contributed by atoms with van der Waals surface area (Å²) in [6.07, 6.45) is 0. The van der Waals surface area contributed by atoms with Crippen LogP contribution in [0.4, 0.5) is 5.69 Å². The van der Waals surface area contributed by atoms with Gasteiger partial charge in [0, 0.05) is 37.4 Å². The molecule has 7 nitrogen and oxygen atoms in total. The van der Waals surface area contributed by atoms with Gasteiger partial charge in [-0.3, -0.25) is 14.4 Å². The molecular weight excluding hydrogens is 378 g/mol. The van der Waals surface area contributed by atoms with E-state index in [1.165, 1.54) is 0 Å². The molecular formula is C20H25N3O4S. The summed E-state index contributed by atoms with van der Waals surface area (Å²) in [6.45, 7) is 6.46. The van der Waals surface area contributed by atoms with Gasteiger partial charge in [-0.15, -0.1) is 0 Å². The van der Waals surface area contributed by atoms with Crippen molar-refractivity contribution < 1.29 is 17.9 Å². The van der Waals surface area contributed by atoms with E-state index in [2.05, 4.69) is 14.9 Å². The number of rotatable bonds is 7. The molecule has 2 N–H and O–H groups in total. The van der Waals surface area contributed by atoms with Gasteiger partial charge in [0.2, 0.25) is 0 Å². The van der Waals surface area contributed by atoms with Crippen LogP contribution >= 0.6 is 0 Å². The van der Waals surface area contributed by atoms with E-state index in [0.717, 1.165) is 38.4 Å². The Morgan fingerprint density at radius 3 is 2.32 bits per heavy atom. The molecule has 2 aromatic rings. The third kappa shape index (κ3) is 5.54. The second-order valence-corrected chi connectivity index (χ2v) is 8.39. The van der Waals surface area contributed by atoms with Crippen LogP contribution in [0.3, 0.4) is 0 Å². The Balaban J connectivity index is 1.53. The fourth-order valence-corrected chi connectivity index (χ4v) is 3.93. The molecule has 0 aromatic heterocycles. The highest BCUT2D eigenvalue weighted by molar-refractivity contribution is 7.92. The van der Waals surface area contributed by atoms with Crippen LogP contribution in [0, 0.1) is 6.92 Å². The van der Waals surface area contributed by atoms with Crippen LogP contribution in [-0.4, -0.2) is 58.6 Å². The first-order valence-electron chi connectivity index (χ1n) is 9.22. The van der Waals surface area contributed by atoms with Crippen molar-refractivity contribution in [3.05, 3.63) is 59.7 Å². The number of hydrogen-bond donors (Lipinski definition) is 2. The maximum Gasteiger partial charge on any atom is 0.261 e. The maximum atomic E-state index is 12.4. The van der Waals surface area contributed by atoms with Crippen LogP contribution in [0.15, 0.2) is 53.4 Å². The summed E-state index contributed by atoms with van der Waals surface area (Å²) in [6, 6.07) is 13.0. The highest BCUT2D eigenvalue weighted by Crippen LogP contribution is 2.17. The first kappa shape index (κ1) is 20.3. The number of carbonyl (C=O) groups is 1. The molecule has 8 heteroatoms. The number of nitrogens with zero attached hydrogens (tertiary/aromatic N) is 1. The molecule has 1 fully saturated rings. The van der Waals surface area contributed by atoms with Crippen molar-refractivity contribution in [3.63, 3.8) is 0 Å². The summed E-state index contributed by atoms with van der Waals surface area (Å²) in [5.41, 5.74) is 1.88. The highest BCUT2D eigenvalue weighted by Gasteiger charge is 2.15. The van der Waals surface area contributed by atoms with Gasteiger partial charge in [-0.25, -0.2) is 8.42 Å². The number of anilines is 1. The summed E-state index contributed by atoms with van der Waals surface area (Å²) in [4.78, 5) is 14.7. The van der Waals surface area contributed by atoms with E-state index in [1.807, 2.05) is 6.92 Å². The van der Waals surface area contributed by atoms with E-state index in [-0.39, 0.29) is 10.8 Å². The van der Waals surface area contributed by atoms with Gasteiger partial charge in [0.15, 0.2) is 0 Å². The van der Waals surface area contributed by atoms with Gasteiger partial charge in [-0.1, -0.05) is 17.7 Å². The lowest BCUT2D eigenvalue weighted by molar-refractivity contribution is 0.0383. The lowest BCUT2D eigenvalue weighted by atomic mass is 10.2. The minimum absolute atomic E-state index is 0.179. The number of amides is 1. The summed E-state index contributed by atoms with van der Waals surface area (Å²) >= 11 is 0. The molecule has 1 aliphatic heterocycles. The van der Waals surface area contributed by atoms with E-state index >= 15 is 0 Å². The molecule has 0 aliphatic carbocycles. The van der Waals surface area contributed by atoms with E-state index in [4.69, 9.17) is 4.74 Å². The molecule has 0 unspecified atom stereocenters. The average molecular weight is 404 g/mol. The maximum absolute atomic E-state index is 12.4. The first-order chi connectivity index (χ1) is 13.4. The number of ether oxygens (including phenoxy) is 1. The summed E-state index contributed by atoms with van der Waals surface area (Å²) in [5, 5.41) is 2.89.